The number of pyridine rings is 1. The molecule has 0 fully saturated rings. The number of carboxylic acid groups (broad SMARTS) is 1. The van der Waals surface area contributed by atoms with Crippen LogP contribution in [0.5, 0.6) is 0 Å². The zero-order valence-corrected chi connectivity index (χ0v) is 34.3. The molecule has 6 rings (SSSR count). The van der Waals surface area contributed by atoms with Gasteiger partial charge in [-0.25, -0.2) is 9.56 Å². The Morgan fingerprint density at radius 2 is 1.80 bits per heavy atom. The number of nitrogens with zero attached hydrogens (tertiary/aromatic N) is 5. The summed E-state index contributed by atoms with van der Waals surface area (Å²) in [4.78, 5) is 26.0. The lowest BCUT2D eigenvalue weighted by molar-refractivity contribution is -0.684. The number of hydrogen-bond acceptors (Lipinski definition) is 6. The van der Waals surface area contributed by atoms with Crippen molar-refractivity contribution in [2.45, 2.75) is 90.5 Å². The van der Waals surface area contributed by atoms with Crippen LogP contribution in [0.3, 0.4) is 0 Å². The second-order valence-electron chi connectivity index (χ2n) is 16.2. The minimum absolute atomic E-state index is 0.175. The maximum Gasteiger partial charge on any atom is 0.327 e. The fraction of sp³-hybridized carbons (Fsp3) is 0.442. The Labute approximate surface area is 330 Å². The molecular weight excluding hydrogens is 734 g/mol. The van der Waals surface area contributed by atoms with Gasteiger partial charge < -0.3 is 10.0 Å². The number of anilines is 1. The first-order chi connectivity index (χ1) is 26.0. The Morgan fingerprint density at radius 3 is 2.55 bits per heavy atom. The molecule has 0 saturated carbocycles. The molecule has 0 unspecified atom stereocenters. The summed E-state index contributed by atoms with van der Waals surface area (Å²) >= 11 is 7.20. The fourth-order valence-corrected chi connectivity index (χ4v) is 8.93. The summed E-state index contributed by atoms with van der Waals surface area (Å²) in [6.45, 7) is 13.5. The summed E-state index contributed by atoms with van der Waals surface area (Å²) in [5.74, 6) is 0.783. The van der Waals surface area contributed by atoms with Gasteiger partial charge in [-0.3, -0.25) is 14.2 Å². The summed E-state index contributed by atoms with van der Waals surface area (Å²) in [5.41, 5.74) is 6.76. The number of aliphatic imine (C=N–C) groups is 2. The first kappa shape index (κ1) is 40.5. The van der Waals surface area contributed by atoms with Gasteiger partial charge in [-0.05, 0) is 119 Å². The monoisotopic (exact) mass is 786 g/mol. The van der Waals surface area contributed by atoms with Crippen molar-refractivity contribution in [3.05, 3.63) is 99.9 Å². The summed E-state index contributed by atoms with van der Waals surface area (Å²) in [6, 6.07) is 15.1. The molecule has 3 aromatic rings. The molecule has 2 aromatic carbocycles. The van der Waals surface area contributed by atoms with Crippen LogP contribution in [0.15, 0.2) is 93.2 Å². The van der Waals surface area contributed by atoms with Gasteiger partial charge in [0, 0.05) is 43.5 Å². The number of carboxylic acids is 1. The maximum absolute atomic E-state index is 11.2. The van der Waals surface area contributed by atoms with Crippen LogP contribution in [0.25, 0.3) is 10.8 Å². The van der Waals surface area contributed by atoms with Crippen LogP contribution in [0.4, 0.5) is 11.5 Å². The second kappa shape index (κ2) is 16.1. The normalized spacial score (nSPS) is 19.6. The molecule has 3 aliphatic heterocycles. The third kappa shape index (κ3) is 8.80. The van der Waals surface area contributed by atoms with Gasteiger partial charge in [0.05, 0.1) is 39.9 Å². The van der Waals surface area contributed by atoms with Crippen molar-refractivity contribution < 1.29 is 27.4 Å². The van der Waals surface area contributed by atoms with Crippen molar-refractivity contribution in [2.24, 2.45) is 9.98 Å². The quantitative estimate of drug-likeness (QED) is 0.0959. The Balaban J connectivity index is 1.30. The van der Waals surface area contributed by atoms with E-state index in [-0.39, 0.29) is 17.6 Å². The van der Waals surface area contributed by atoms with E-state index in [0.29, 0.717) is 43.9 Å². The van der Waals surface area contributed by atoms with E-state index in [2.05, 4.69) is 105 Å². The molecule has 4 heterocycles. The molecule has 2 N–H and O–H groups in total. The molecule has 3 aliphatic rings. The predicted octanol–water partition coefficient (Wildman–Crippen LogP) is 8.19. The maximum atomic E-state index is 11.2. The number of amidine groups is 1. The SMILES string of the molecule is Cc1ccc2c3c(ccc2c1)N(CCCCCC(=O)O)C(=NC=C1CN(C)CC(C=CC2=Nc4c(ccc[n+]4CCCCS(=O)(=O)O)C2(C)C)=C1Cl)C3(C)C. The predicted molar refractivity (Wildman–Crippen MR) is 223 cm³/mol. The third-order valence-electron chi connectivity index (χ3n) is 11.0. The number of hydrogen-bond donors (Lipinski definition) is 2. The van der Waals surface area contributed by atoms with Gasteiger partial charge in [-0.15, -0.1) is 0 Å². The minimum atomic E-state index is -3.98. The number of aromatic nitrogens is 1. The van der Waals surface area contributed by atoms with Crippen LogP contribution in [0.2, 0.25) is 0 Å². The average molecular weight is 787 g/mol. The van der Waals surface area contributed by atoms with Crippen molar-refractivity contribution >= 4 is 61.5 Å². The van der Waals surface area contributed by atoms with Crippen molar-refractivity contribution in [2.75, 3.05) is 37.3 Å². The van der Waals surface area contributed by atoms with Crippen LogP contribution >= 0.6 is 11.6 Å². The van der Waals surface area contributed by atoms with E-state index >= 15 is 0 Å². The van der Waals surface area contributed by atoms with E-state index in [4.69, 9.17) is 31.2 Å². The summed E-state index contributed by atoms with van der Waals surface area (Å²) in [5, 5.41) is 12.3. The molecule has 0 amide bonds. The lowest BCUT2D eigenvalue weighted by atomic mass is 9.82. The molecule has 0 atom stereocenters. The number of allylic oxidation sites excluding steroid dienone is 1. The highest BCUT2D eigenvalue weighted by atomic mass is 35.5. The van der Waals surface area contributed by atoms with Gasteiger partial charge in [0.25, 0.3) is 10.1 Å². The largest absolute Gasteiger partial charge is 0.481 e. The van der Waals surface area contributed by atoms with Crippen LogP contribution < -0.4 is 9.47 Å². The lowest BCUT2D eigenvalue weighted by Crippen LogP contribution is -2.37. The van der Waals surface area contributed by atoms with Crippen LogP contribution in [-0.4, -0.2) is 72.9 Å². The minimum Gasteiger partial charge on any atom is -0.481 e. The second-order valence-corrected chi connectivity index (χ2v) is 18.1. The van der Waals surface area contributed by atoms with Gasteiger partial charge in [-0.1, -0.05) is 53.9 Å². The van der Waals surface area contributed by atoms with E-state index in [9.17, 15) is 13.2 Å². The zero-order chi connectivity index (χ0) is 39.7. The molecule has 0 aliphatic carbocycles. The Bertz CT molecular complexity index is 2270. The van der Waals surface area contributed by atoms with Crippen LogP contribution in [-0.2, 0) is 32.3 Å². The molecule has 292 valence electrons. The van der Waals surface area contributed by atoms with Crippen molar-refractivity contribution in [1.29, 1.82) is 0 Å². The fourth-order valence-electron chi connectivity index (χ4n) is 8.13. The van der Waals surface area contributed by atoms with E-state index in [1.807, 2.05) is 18.5 Å². The van der Waals surface area contributed by atoms with Crippen molar-refractivity contribution in [3.8, 4) is 0 Å². The third-order valence-corrected chi connectivity index (χ3v) is 12.3. The molecule has 0 bridgehead atoms. The number of halogens is 1. The summed E-state index contributed by atoms with van der Waals surface area (Å²) in [7, 11) is -1.91. The number of benzene rings is 2. The number of fused-ring (bicyclic) bond motifs is 4. The number of likely N-dealkylation sites (N-methyl/N-ethyl adjacent to an activating group) is 1. The summed E-state index contributed by atoms with van der Waals surface area (Å²) < 4.78 is 33.6. The van der Waals surface area contributed by atoms with Gasteiger partial charge in [0.1, 0.15) is 5.84 Å². The number of rotatable bonds is 14. The molecule has 1 aromatic heterocycles. The number of aliphatic carboxylic acids is 1. The van der Waals surface area contributed by atoms with E-state index in [1.165, 1.54) is 21.9 Å². The smallest absolute Gasteiger partial charge is 0.327 e. The van der Waals surface area contributed by atoms with Gasteiger partial charge in [0.15, 0.2) is 5.71 Å². The highest BCUT2D eigenvalue weighted by molar-refractivity contribution is 7.85. The topological polar surface area (TPSA) is 127 Å². The zero-order valence-electron chi connectivity index (χ0n) is 32.8. The number of unbranched alkanes of at least 4 members (excludes halogenated alkanes) is 3. The Kier molecular flexibility index (Phi) is 11.9. The number of carbonyl (C=O) groups is 1. The van der Waals surface area contributed by atoms with Crippen LogP contribution in [0, 0.1) is 6.92 Å². The molecule has 0 saturated heterocycles. The molecule has 12 heteroatoms. The lowest BCUT2D eigenvalue weighted by Gasteiger charge is -2.27. The molecule has 0 radical (unpaired) electrons. The van der Waals surface area contributed by atoms with Gasteiger partial charge >= 0.3 is 11.8 Å². The van der Waals surface area contributed by atoms with Gasteiger partial charge in [-0.2, -0.15) is 8.42 Å². The molecule has 10 nitrogen and oxygen atoms in total. The first-order valence-electron chi connectivity index (χ1n) is 19.1. The Hall–Kier alpha value is -4.16. The van der Waals surface area contributed by atoms with Crippen LogP contribution in [0.1, 0.15) is 82.9 Å². The van der Waals surface area contributed by atoms with E-state index in [1.54, 1.807) is 0 Å². The molecular formula is C43H53ClN5O5S+. The molecule has 0 spiro atoms. The van der Waals surface area contributed by atoms with E-state index < -0.39 is 21.5 Å². The number of aryl methyl sites for hydroxylation is 2. The first-order valence-corrected chi connectivity index (χ1v) is 21.1. The molecule has 55 heavy (non-hydrogen) atoms. The van der Waals surface area contributed by atoms with Crippen molar-refractivity contribution in [3.63, 3.8) is 0 Å². The Morgan fingerprint density at radius 1 is 1.02 bits per heavy atom. The standard InChI is InChI=1S/C43H52ClN5O5S/c1-29-15-18-33-30(25-29)16-19-35-38(33)43(4,5)41(49(35)23-9-7-8-14-37(50)51)45-26-32-28-47(6)27-31(39(32)44)17-20-36-42(2,3)34-13-12-22-48(40(34)46-36)21-10-11-24-55(52,53)54/h12-13,15-20,22,25-26H,7-11,14,21,23-24,27-28H2,1-6H3,(H-,50,51,52,53,54)/p+1. The van der Waals surface area contributed by atoms with E-state index in [0.717, 1.165) is 59.1 Å². The highest BCUT2D eigenvalue weighted by Crippen LogP contribution is 2.47. The van der Waals surface area contributed by atoms with Gasteiger partial charge in [0.2, 0.25) is 0 Å². The highest BCUT2D eigenvalue weighted by Gasteiger charge is 2.43. The summed E-state index contributed by atoms with van der Waals surface area (Å²) in [6.07, 6.45) is 11.5. The average Bonchev–Trinajstić information content (AvgIpc) is 3.50. The van der Waals surface area contributed by atoms with Crippen molar-refractivity contribution in [1.82, 2.24) is 4.90 Å².